The van der Waals surface area contributed by atoms with Crippen LogP contribution in [0.15, 0.2) is 82.7 Å². The lowest BCUT2D eigenvalue weighted by Gasteiger charge is -2.08. The van der Waals surface area contributed by atoms with Crippen molar-refractivity contribution in [3.8, 4) is 0 Å². The van der Waals surface area contributed by atoms with Gasteiger partial charge in [-0.2, -0.15) is 0 Å². The Labute approximate surface area is 144 Å². The number of fused-ring (bicyclic) bond motifs is 1. The number of anilines is 1. The third-order valence-corrected chi connectivity index (χ3v) is 4.58. The number of aliphatic imine (C=N–C) groups is 1. The van der Waals surface area contributed by atoms with Gasteiger partial charge in [0.2, 0.25) is 0 Å². The molecule has 4 heteroatoms. The Morgan fingerprint density at radius 1 is 0.917 bits per heavy atom. The average Bonchev–Trinajstić information content (AvgIpc) is 3.08. The van der Waals surface area contributed by atoms with Gasteiger partial charge in [0, 0.05) is 10.4 Å². The summed E-state index contributed by atoms with van der Waals surface area (Å²) >= 11 is 1.60. The molecule has 2 aromatic carbocycles. The van der Waals surface area contributed by atoms with Crippen LogP contribution < -0.4 is 5.32 Å². The van der Waals surface area contributed by atoms with Crippen LogP contribution in [0.3, 0.4) is 0 Å². The van der Waals surface area contributed by atoms with Crippen LogP contribution in [0, 0.1) is 0 Å². The molecule has 0 fully saturated rings. The molecule has 1 N–H and O–H groups in total. The van der Waals surface area contributed by atoms with Crippen LogP contribution in [0.5, 0.6) is 0 Å². The number of nitrogens with zero attached hydrogens (tertiary/aromatic N) is 1. The second kappa shape index (κ2) is 6.26. The summed E-state index contributed by atoms with van der Waals surface area (Å²) in [6.07, 6.45) is 1.90. The second-order valence-corrected chi connectivity index (χ2v) is 6.35. The van der Waals surface area contributed by atoms with Crippen molar-refractivity contribution in [2.45, 2.75) is 0 Å². The van der Waals surface area contributed by atoms with E-state index >= 15 is 0 Å². The van der Waals surface area contributed by atoms with Crippen molar-refractivity contribution in [3.63, 3.8) is 0 Å². The molecule has 1 aromatic heterocycles. The number of thiophene rings is 1. The summed E-state index contributed by atoms with van der Waals surface area (Å²) in [7, 11) is 0. The van der Waals surface area contributed by atoms with Crippen molar-refractivity contribution in [1.29, 1.82) is 0 Å². The molecule has 1 amide bonds. The fourth-order valence-electron chi connectivity index (χ4n) is 2.62. The third-order valence-electron chi connectivity index (χ3n) is 3.76. The van der Waals surface area contributed by atoms with Gasteiger partial charge in [0.1, 0.15) is 0 Å². The molecule has 0 unspecified atom stereocenters. The normalized spacial score (nSPS) is 15.4. The van der Waals surface area contributed by atoms with E-state index in [4.69, 9.17) is 4.99 Å². The monoisotopic (exact) mass is 330 g/mol. The highest BCUT2D eigenvalue weighted by atomic mass is 32.1. The van der Waals surface area contributed by atoms with Gasteiger partial charge in [-0.1, -0.05) is 48.5 Å². The summed E-state index contributed by atoms with van der Waals surface area (Å²) in [5.74, 6) is -0.143. The van der Waals surface area contributed by atoms with Crippen LogP contribution in [0.4, 0.5) is 11.4 Å². The zero-order valence-electron chi connectivity index (χ0n) is 12.8. The average molecular weight is 330 g/mol. The van der Waals surface area contributed by atoms with Gasteiger partial charge in [-0.05, 0) is 29.7 Å². The molecule has 1 aliphatic rings. The van der Waals surface area contributed by atoms with Crippen molar-refractivity contribution < 1.29 is 4.79 Å². The summed E-state index contributed by atoms with van der Waals surface area (Å²) in [6.45, 7) is 0. The van der Waals surface area contributed by atoms with Crippen molar-refractivity contribution >= 4 is 40.4 Å². The van der Waals surface area contributed by atoms with E-state index in [9.17, 15) is 4.79 Å². The molecule has 0 spiro atoms. The molecule has 3 nitrogen and oxygen atoms in total. The van der Waals surface area contributed by atoms with Gasteiger partial charge >= 0.3 is 0 Å². The first-order valence-electron chi connectivity index (χ1n) is 7.61. The highest BCUT2D eigenvalue weighted by molar-refractivity contribution is 7.10. The molecule has 2 heterocycles. The Hall–Kier alpha value is -2.98. The van der Waals surface area contributed by atoms with E-state index in [2.05, 4.69) is 5.32 Å². The van der Waals surface area contributed by atoms with Gasteiger partial charge in [-0.15, -0.1) is 11.3 Å². The van der Waals surface area contributed by atoms with Crippen molar-refractivity contribution in [2.24, 2.45) is 4.99 Å². The van der Waals surface area contributed by atoms with Crippen LogP contribution in [0.2, 0.25) is 0 Å². The lowest BCUT2D eigenvalue weighted by atomic mass is 10.0. The predicted molar refractivity (Wildman–Crippen MR) is 100 cm³/mol. The largest absolute Gasteiger partial charge is 0.320 e. The number of nitrogens with one attached hydrogen (secondary N) is 1. The second-order valence-electron chi connectivity index (χ2n) is 5.37. The summed E-state index contributed by atoms with van der Waals surface area (Å²) in [5, 5.41) is 4.96. The van der Waals surface area contributed by atoms with E-state index < -0.39 is 0 Å². The Balaban J connectivity index is 1.93. The molecule has 0 aliphatic carbocycles. The fourth-order valence-corrected chi connectivity index (χ4v) is 3.28. The van der Waals surface area contributed by atoms with Crippen molar-refractivity contribution in [3.05, 3.63) is 88.1 Å². The summed E-state index contributed by atoms with van der Waals surface area (Å²) in [5.41, 5.74) is 3.67. The summed E-state index contributed by atoms with van der Waals surface area (Å²) in [6, 6.07) is 21.4. The third kappa shape index (κ3) is 2.79. The first-order chi connectivity index (χ1) is 11.8. The highest BCUT2D eigenvalue weighted by Gasteiger charge is 2.23. The van der Waals surface area contributed by atoms with E-state index in [1.54, 1.807) is 11.3 Å². The Kier molecular flexibility index (Phi) is 3.81. The first-order valence-corrected chi connectivity index (χ1v) is 8.49. The van der Waals surface area contributed by atoms with Crippen molar-refractivity contribution in [1.82, 2.24) is 0 Å². The molecule has 116 valence electrons. The van der Waals surface area contributed by atoms with E-state index in [1.165, 1.54) is 0 Å². The Morgan fingerprint density at radius 2 is 1.71 bits per heavy atom. The van der Waals surface area contributed by atoms with E-state index in [1.807, 2.05) is 78.2 Å². The van der Waals surface area contributed by atoms with Gasteiger partial charge < -0.3 is 5.32 Å². The quantitative estimate of drug-likeness (QED) is 0.667. The lowest BCUT2D eigenvalue weighted by molar-refractivity contribution is -0.112. The highest BCUT2D eigenvalue weighted by Crippen LogP contribution is 2.31. The SMILES string of the molecule is O=C1Nc2ccccc2N=C(c2ccccc2)/C1=C\c1cccs1. The molecule has 0 atom stereocenters. The number of benzene rings is 2. The van der Waals surface area contributed by atoms with Gasteiger partial charge in [0.05, 0.1) is 22.7 Å². The fraction of sp³-hybridized carbons (Fsp3) is 0. The molecule has 0 radical (unpaired) electrons. The van der Waals surface area contributed by atoms with Gasteiger partial charge in [0.15, 0.2) is 0 Å². The number of para-hydroxylation sites is 2. The maximum atomic E-state index is 12.8. The standard InChI is InChI=1S/C20H14N2OS/c23-20-16(13-15-9-6-12-24-15)19(14-7-2-1-3-8-14)21-17-10-4-5-11-18(17)22-20/h1-13H,(H,22,23)/b16-13+. The van der Waals surface area contributed by atoms with Crippen LogP contribution >= 0.6 is 11.3 Å². The first kappa shape index (κ1) is 14.6. The Morgan fingerprint density at radius 3 is 2.50 bits per heavy atom. The smallest absolute Gasteiger partial charge is 0.257 e. The topological polar surface area (TPSA) is 41.5 Å². The van der Waals surface area contributed by atoms with E-state index in [0.717, 1.165) is 21.8 Å². The lowest BCUT2D eigenvalue weighted by Crippen LogP contribution is -2.19. The van der Waals surface area contributed by atoms with E-state index in [-0.39, 0.29) is 5.91 Å². The summed E-state index contributed by atoms with van der Waals surface area (Å²) in [4.78, 5) is 18.6. The van der Waals surface area contributed by atoms with Gasteiger partial charge in [-0.25, -0.2) is 4.99 Å². The molecule has 0 saturated heterocycles. The molecule has 4 rings (SSSR count). The Bertz CT molecular complexity index is 941. The molecular formula is C20H14N2OS. The zero-order valence-corrected chi connectivity index (χ0v) is 13.6. The molecule has 1 aliphatic heterocycles. The maximum Gasteiger partial charge on any atom is 0.257 e. The minimum atomic E-state index is -0.143. The number of carbonyl (C=O) groups is 1. The van der Waals surface area contributed by atoms with Crippen LogP contribution in [-0.4, -0.2) is 11.6 Å². The molecule has 3 aromatic rings. The van der Waals surface area contributed by atoms with Crippen LogP contribution in [0.25, 0.3) is 6.08 Å². The molecule has 24 heavy (non-hydrogen) atoms. The summed E-state index contributed by atoms with van der Waals surface area (Å²) < 4.78 is 0. The number of hydrogen-bond acceptors (Lipinski definition) is 3. The minimum absolute atomic E-state index is 0.143. The van der Waals surface area contributed by atoms with Crippen LogP contribution in [0.1, 0.15) is 10.4 Å². The van der Waals surface area contributed by atoms with E-state index in [0.29, 0.717) is 11.3 Å². The molecule has 0 saturated carbocycles. The predicted octanol–water partition coefficient (Wildman–Crippen LogP) is 4.90. The molecular weight excluding hydrogens is 316 g/mol. The van der Waals surface area contributed by atoms with Gasteiger partial charge in [-0.3, -0.25) is 4.79 Å². The number of amides is 1. The van der Waals surface area contributed by atoms with Gasteiger partial charge in [0.25, 0.3) is 5.91 Å². The van der Waals surface area contributed by atoms with Crippen LogP contribution in [-0.2, 0) is 4.79 Å². The number of hydrogen-bond donors (Lipinski definition) is 1. The van der Waals surface area contributed by atoms with Crippen molar-refractivity contribution in [2.75, 3.05) is 5.32 Å². The number of carbonyl (C=O) groups excluding carboxylic acids is 1. The maximum absolute atomic E-state index is 12.8. The zero-order chi connectivity index (χ0) is 16.4. The molecule has 0 bridgehead atoms. The number of rotatable bonds is 2. The minimum Gasteiger partial charge on any atom is -0.320 e.